The largest absolute Gasteiger partial charge is 0.279 e. The van der Waals surface area contributed by atoms with Crippen LogP contribution in [0.1, 0.15) is 44.2 Å². The molecule has 1 aromatic carbocycles. The summed E-state index contributed by atoms with van der Waals surface area (Å²) in [7, 11) is -3.45. The van der Waals surface area contributed by atoms with E-state index in [1.165, 1.54) is 6.33 Å². The lowest BCUT2D eigenvalue weighted by atomic mass is 10.1. The lowest BCUT2D eigenvalue weighted by molar-refractivity contribution is 0.410. The molecule has 1 atom stereocenters. The van der Waals surface area contributed by atoms with Gasteiger partial charge in [0.15, 0.2) is 0 Å². The third-order valence-electron chi connectivity index (χ3n) is 4.31. The zero-order chi connectivity index (χ0) is 17.0. The average Bonchev–Trinajstić information content (AvgIpc) is 2.96. The summed E-state index contributed by atoms with van der Waals surface area (Å²) < 4.78 is 31.2. The minimum atomic E-state index is -3.45. The van der Waals surface area contributed by atoms with Gasteiger partial charge in [0.05, 0.1) is 5.69 Å². The quantitative estimate of drug-likeness (QED) is 0.896. The highest BCUT2D eigenvalue weighted by Crippen LogP contribution is 2.18. The molecule has 0 radical (unpaired) electrons. The highest BCUT2D eigenvalue weighted by Gasteiger charge is 2.24. The van der Waals surface area contributed by atoms with Crippen LogP contribution in [-0.4, -0.2) is 40.6 Å². The van der Waals surface area contributed by atoms with E-state index in [-0.39, 0.29) is 6.04 Å². The molecule has 8 heteroatoms. The minimum absolute atomic E-state index is 0.289. The molecule has 3 rings (SSSR count). The van der Waals surface area contributed by atoms with Gasteiger partial charge in [-0.15, -0.1) is 0 Å². The first-order chi connectivity index (χ1) is 11.6. The van der Waals surface area contributed by atoms with Crippen LogP contribution in [0.4, 0.5) is 0 Å². The van der Waals surface area contributed by atoms with Crippen molar-refractivity contribution in [3.05, 3.63) is 42.5 Å². The van der Waals surface area contributed by atoms with E-state index < -0.39 is 10.2 Å². The van der Waals surface area contributed by atoms with Gasteiger partial charge in [0, 0.05) is 19.1 Å². The number of benzene rings is 1. The standard InChI is InChI=1S/C16H23N5O2S/c1-14(19-24(22,23)20-10-4-2-3-5-11-20)15-6-8-16(9-7-15)21-13-17-12-18-21/h6-9,12-14,19H,2-5,10-11H2,1H3/t14-/m0/s1. The van der Waals surface area contributed by atoms with E-state index in [2.05, 4.69) is 14.8 Å². The molecule has 0 saturated carbocycles. The Labute approximate surface area is 142 Å². The number of hydrogen-bond acceptors (Lipinski definition) is 4. The van der Waals surface area contributed by atoms with Crippen molar-refractivity contribution in [2.75, 3.05) is 13.1 Å². The van der Waals surface area contributed by atoms with Crippen molar-refractivity contribution in [2.45, 2.75) is 38.6 Å². The van der Waals surface area contributed by atoms with E-state index in [0.29, 0.717) is 13.1 Å². The summed E-state index contributed by atoms with van der Waals surface area (Å²) in [6.07, 6.45) is 7.17. The van der Waals surface area contributed by atoms with Crippen LogP contribution in [0.25, 0.3) is 5.69 Å². The monoisotopic (exact) mass is 349 g/mol. The minimum Gasteiger partial charge on any atom is -0.223 e. The van der Waals surface area contributed by atoms with E-state index in [4.69, 9.17) is 0 Å². The smallest absolute Gasteiger partial charge is 0.223 e. The van der Waals surface area contributed by atoms with Gasteiger partial charge in [-0.3, -0.25) is 0 Å². The molecule has 1 aliphatic rings. The van der Waals surface area contributed by atoms with Crippen molar-refractivity contribution in [1.82, 2.24) is 23.8 Å². The van der Waals surface area contributed by atoms with Crippen LogP contribution in [-0.2, 0) is 10.2 Å². The molecule has 0 aliphatic carbocycles. The van der Waals surface area contributed by atoms with Gasteiger partial charge >= 0.3 is 0 Å². The first-order valence-corrected chi connectivity index (χ1v) is 9.73. The van der Waals surface area contributed by atoms with Gasteiger partial charge in [0.2, 0.25) is 0 Å². The molecule has 7 nitrogen and oxygen atoms in total. The second-order valence-corrected chi connectivity index (χ2v) is 7.79. The zero-order valence-electron chi connectivity index (χ0n) is 13.8. The molecule has 0 spiro atoms. The topological polar surface area (TPSA) is 80.1 Å². The van der Waals surface area contributed by atoms with Gasteiger partial charge in [-0.05, 0) is 37.5 Å². The third kappa shape index (κ3) is 4.00. The molecule has 2 aromatic rings. The first kappa shape index (κ1) is 17.1. The first-order valence-electron chi connectivity index (χ1n) is 8.28. The maximum atomic E-state index is 12.6. The van der Waals surface area contributed by atoms with Crippen LogP contribution in [0.5, 0.6) is 0 Å². The summed E-state index contributed by atoms with van der Waals surface area (Å²) >= 11 is 0. The maximum Gasteiger partial charge on any atom is 0.279 e. The molecule has 130 valence electrons. The second kappa shape index (κ2) is 7.42. The number of hydrogen-bond donors (Lipinski definition) is 1. The van der Waals surface area contributed by atoms with Crippen LogP contribution < -0.4 is 4.72 Å². The Morgan fingerprint density at radius 1 is 1.08 bits per heavy atom. The molecule has 1 fully saturated rings. The maximum absolute atomic E-state index is 12.6. The lowest BCUT2D eigenvalue weighted by Gasteiger charge is -2.23. The van der Waals surface area contributed by atoms with Gasteiger partial charge in [0.1, 0.15) is 12.7 Å². The predicted octanol–water partition coefficient (Wildman–Crippen LogP) is 2.04. The molecule has 0 unspecified atom stereocenters. The van der Waals surface area contributed by atoms with Crippen molar-refractivity contribution in [3.8, 4) is 5.69 Å². The Bertz CT molecular complexity index is 735. The molecule has 1 aromatic heterocycles. The van der Waals surface area contributed by atoms with Crippen molar-refractivity contribution in [1.29, 1.82) is 0 Å². The molecular formula is C16H23N5O2S. The fourth-order valence-electron chi connectivity index (χ4n) is 2.91. The second-order valence-electron chi connectivity index (χ2n) is 6.09. The van der Waals surface area contributed by atoms with Gasteiger partial charge < -0.3 is 0 Å². The summed E-state index contributed by atoms with van der Waals surface area (Å²) in [6, 6.07) is 7.34. The van der Waals surface area contributed by atoms with Gasteiger partial charge in [0.25, 0.3) is 10.2 Å². The Morgan fingerprint density at radius 3 is 2.33 bits per heavy atom. The molecule has 2 heterocycles. The summed E-state index contributed by atoms with van der Waals surface area (Å²) in [5.74, 6) is 0. The summed E-state index contributed by atoms with van der Waals surface area (Å²) in [5, 5.41) is 4.08. The Kier molecular flexibility index (Phi) is 5.27. The lowest BCUT2D eigenvalue weighted by Crippen LogP contribution is -2.42. The third-order valence-corrected chi connectivity index (χ3v) is 6.00. The molecule has 24 heavy (non-hydrogen) atoms. The van der Waals surface area contributed by atoms with E-state index in [9.17, 15) is 8.42 Å². The zero-order valence-corrected chi connectivity index (χ0v) is 14.6. The normalized spacial score (nSPS) is 18.2. The van der Waals surface area contributed by atoms with E-state index in [1.807, 2.05) is 31.2 Å². The van der Waals surface area contributed by atoms with Crippen LogP contribution >= 0.6 is 0 Å². The van der Waals surface area contributed by atoms with Gasteiger partial charge in [-0.25, -0.2) is 9.67 Å². The van der Waals surface area contributed by atoms with Crippen molar-refractivity contribution in [2.24, 2.45) is 0 Å². The van der Waals surface area contributed by atoms with Gasteiger partial charge in [-0.1, -0.05) is 25.0 Å². The van der Waals surface area contributed by atoms with Crippen molar-refractivity contribution < 1.29 is 8.42 Å². The summed E-state index contributed by atoms with van der Waals surface area (Å²) in [5.41, 5.74) is 1.80. The SMILES string of the molecule is C[C@H](NS(=O)(=O)N1CCCCCC1)c1ccc(-n2cncn2)cc1. The van der Waals surface area contributed by atoms with Gasteiger partial charge in [-0.2, -0.15) is 22.5 Å². The van der Waals surface area contributed by atoms with Crippen LogP contribution in [0.3, 0.4) is 0 Å². The molecular weight excluding hydrogens is 326 g/mol. The number of rotatable bonds is 5. The highest BCUT2D eigenvalue weighted by molar-refractivity contribution is 7.87. The van der Waals surface area contributed by atoms with E-state index in [0.717, 1.165) is 36.9 Å². The molecule has 1 aliphatic heterocycles. The predicted molar refractivity (Wildman–Crippen MR) is 91.9 cm³/mol. The molecule has 1 N–H and O–H groups in total. The Balaban J connectivity index is 1.68. The summed E-state index contributed by atoms with van der Waals surface area (Å²) in [4.78, 5) is 3.92. The Morgan fingerprint density at radius 2 is 1.75 bits per heavy atom. The Hall–Kier alpha value is -1.77. The van der Waals surface area contributed by atoms with E-state index >= 15 is 0 Å². The van der Waals surface area contributed by atoms with Crippen LogP contribution in [0.2, 0.25) is 0 Å². The fraction of sp³-hybridized carbons (Fsp3) is 0.500. The average molecular weight is 349 g/mol. The van der Waals surface area contributed by atoms with Crippen molar-refractivity contribution >= 4 is 10.2 Å². The fourth-order valence-corrected chi connectivity index (χ4v) is 4.38. The van der Waals surface area contributed by atoms with Crippen molar-refractivity contribution in [3.63, 3.8) is 0 Å². The number of aromatic nitrogens is 3. The number of nitrogens with one attached hydrogen (secondary N) is 1. The van der Waals surface area contributed by atoms with Crippen LogP contribution in [0, 0.1) is 0 Å². The van der Waals surface area contributed by atoms with E-state index in [1.54, 1.807) is 15.3 Å². The highest BCUT2D eigenvalue weighted by atomic mass is 32.2. The molecule has 0 amide bonds. The molecule has 0 bridgehead atoms. The van der Waals surface area contributed by atoms with Crippen LogP contribution in [0.15, 0.2) is 36.9 Å². The summed E-state index contributed by atoms with van der Waals surface area (Å²) in [6.45, 7) is 3.07. The number of nitrogens with zero attached hydrogens (tertiary/aromatic N) is 4. The molecule has 1 saturated heterocycles.